The van der Waals surface area contributed by atoms with Crippen LogP contribution >= 0.6 is 11.8 Å². The number of carbonyl (C=O) groups excluding carboxylic acids is 1. The van der Waals surface area contributed by atoms with Crippen LogP contribution in [0.25, 0.3) is 11.3 Å². The first-order valence-corrected chi connectivity index (χ1v) is 7.08. The first-order valence-electron chi connectivity index (χ1n) is 6.09. The Morgan fingerprint density at radius 1 is 1.21 bits per heavy atom. The summed E-state index contributed by atoms with van der Waals surface area (Å²) in [6.45, 7) is 2.24. The van der Waals surface area contributed by atoms with Crippen LogP contribution in [-0.2, 0) is 9.53 Å². The molecule has 0 atom stereocenters. The molecular formula is C15H15NO2S. The zero-order chi connectivity index (χ0) is 13.5. The van der Waals surface area contributed by atoms with E-state index >= 15 is 0 Å². The lowest BCUT2D eigenvalue weighted by molar-refractivity contribution is -0.139. The van der Waals surface area contributed by atoms with Crippen molar-refractivity contribution in [2.45, 2.75) is 11.8 Å². The van der Waals surface area contributed by atoms with E-state index in [0.717, 1.165) is 16.2 Å². The number of thioether (sulfide) groups is 1. The highest BCUT2D eigenvalue weighted by molar-refractivity contribution is 8.00. The van der Waals surface area contributed by atoms with Gasteiger partial charge in [0.2, 0.25) is 0 Å². The van der Waals surface area contributed by atoms with Crippen LogP contribution in [0, 0.1) is 0 Å². The van der Waals surface area contributed by atoms with Gasteiger partial charge in [-0.25, -0.2) is 0 Å². The van der Waals surface area contributed by atoms with Crippen LogP contribution in [0.1, 0.15) is 6.92 Å². The molecule has 0 aliphatic heterocycles. The first kappa shape index (κ1) is 13.6. The smallest absolute Gasteiger partial charge is 0.316 e. The van der Waals surface area contributed by atoms with E-state index in [4.69, 9.17) is 4.74 Å². The van der Waals surface area contributed by atoms with Gasteiger partial charge in [0, 0.05) is 16.7 Å². The molecule has 0 amide bonds. The molecule has 0 spiro atoms. The largest absolute Gasteiger partial charge is 0.465 e. The standard InChI is InChI=1S/C15H15NO2S/c1-2-18-15(17)11-19-13-8-6-12(7-9-13)14-5-3-4-10-16-14/h3-10H,2,11H2,1H3. The highest BCUT2D eigenvalue weighted by Crippen LogP contribution is 2.22. The van der Waals surface area contributed by atoms with E-state index in [0.29, 0.717) is 12.4 Å². The Labute approximate surface area is 117 Å². The molecule has 4 heteroatoms. The summed E-state index contributed by atoms with van der Waals surface area (Å²) >= 11 is 1.48. The van der Waals surface area contributed by atoms with Gasteiger partial charge in [-0.1, -0.05) is 18.2 Å². The molecule has 0 saturated heterocycles. The molecule has 0 aliphatic rings. The third-order valence-corrected chi connectivity index (χ3v) is 3.46. The molecular weight excluding hydrogens is 258 g/mol. The van der Waals surface area contributed by atoms with Crippen LogP contribution in [0.15, 0.2) is 53.6 Å². The number of esters is 1. The van der Waals surface area contributed by atoms with Gasteiger partial charge in [-0.3, -0.25) is 9.78 Å². The Morgan fingerprint density at radius 3 is 2.63 bits per heavy atom. The molecule has 3 nitrogen and oxygen atoms in total. The molecule has 19 heavy (non-hydrogen) atoms. The minimum Gasteiger partial charge on any atom is -0.465 e. The quantitative estimate of drug-likeness (QED) is 0.618. The van der Waals surface area contributed by atoms with Gasteiger partial charge in [-0.05, 0) is 31.2 Å². The maximum atomic E-state index is 11.3. The number of carbonyl (C=O) groups is 1. The number of hydrogen-bond acceptors (Lipinski definition) is 4. The van der Waals surface area contributed by atoms with E-state index in [1.807, 2.05) is 49.4 Å². The highest BCUT2D eigenvalue weighted by atomic mass is 32.2. The molecule has 1 aromatic heterocycles. The van der Waals surface area contributed by atoms with Gasteiger partial charge < -0.3 is 4.74 Å². The van der Waals surface area contributed by atoms with Crippen molar-refractivity contribution in [1.82, 2.24) is 4.98 Å². The van der Waals surface area contributed by atoms with Crippen molar-refractivity contribution >= 4 is 17.7 Å². The highest BCUT2D eigenvalue weighted by Gasteiger charge is 2.04. The van der Waals surface area contributed by atoms with Crippen molar-refractivity contribution in [2.24, 2.45) is 0 Å². The molecule has 0 saturated carbocycles. The van der Waals surface area contributed by atoms with Crippen LogP contribution in [0.3, 0.4) is 0 Å². The number of nitrogens with zero attached hydrogens (tertiary/aromatic N) is 1. The van der Waals surface area contributed by atoms with E-state index in [1.165, 1.54) is 11.8 Å². The lowest BCUT2D eigenvalue weighted by Crippen LogP contribution is -2.06. The second-order valence-corrected chi connectivity index (χ2v) is 4.88. The predicted octanol–water partition coefficient (Wildman–Crippen LogP) is 3.40. The Kier molecular flexibility index (Phi) is 4.98. The lowest BCUT2D eigenvalue weighted by Gasteiger charge is -2.04. The average molecular weight is 273 g/mol. The molecule has 2 aromatic rings. The molecule has 1 heterocycles. The first-order chi connectivity index (χ1) is 9.29. The summed E-state index contributed by atoms with van der Waals surface area (Å²) in [5, 5.41) is 0. The Hall–Kier alpha value is -1.81. The normalized spacial score (nSPS) is 10.2. The van der Waals surface area contributed by atoms with Crippen LogP contribution in [0.5, 0.6) is 0 Å². The fourth-order valence-electron chi connectivity index (χ4n) is 1.60. The maximum Gasteiger partial charge on any atom is 0.316 e. The molecule has 98 valence electrons. The molecule has 1 aromatic carbocycles. The van der Waals surface area contributed by atoms with Crippen LogP contribution in [0.4, 0.5) is 0 Å². The molecule has 0 bridgehead atoms. The van der Waals surface area contributed by atoms with Crippen molar-refractivity contribution < 1.29 is 9.53 Å². The summed E-state index contributed by atoms with van der Waals surface area (Å²) in [4.78, 5) is 16.6. The number of aromatic nitrogens is 1. The zero-order valence-corrected chi connectivity index (χ0v) is 11.5. The van der Waals surface area contributed by atoms with Gasteiger partial charge in [-0.15, -0.1) is 11.8 Å². The number of benzene rings is 1. The van der Waals surface area contributed by atoms with Crippen molar-refractivity contribution in [1.29, 1.82) is 0 Å². The monoisotopic (exact) mass is 273 g/mol. The fraction of sp³-hybridized carbons (Fsp3) is 0.200. The summed E-state index contributed by atoms with van der Waals surface area (Å²) in [5.41, 5.74) is 2.02. The summed E-state index contributed by atoms with van der Waals surface area (Å²) < 4.78 is 4.89. The SMILES string of the molecule is CCOC(=O)CSc1ccc(-c2ccccn2)cc1. The predicted molar refractivity (Wildman–Crippen MR) is 77.0 cm³/mol. The van der Waals surface area contributed by atoms with Crippen molar-refractivity contribution in [3.63, 3.8) is 0 Å². The van der Waals surface area contributed by atoms with E-state index in [9.17, 15) is 4.79 Å². The second kappa shape index (κ2) is 6.95. The summed E-state index contributed by atoms with van der Waals surface area (Å²) in [6, 6.07) is 13.8. The van der Waals surface area contributed by atoms with E-state index in [2.05, 4.69) is 4.98 Å². The van der Waals surface area contributed by atoms with Gasteiger partial charge in [0.15, 0.2) is 0 Å². The van der Waals surface area contributed by atoms with E-state index < -0.39 is 0 Å². The van der Waals surface area contributed by atoms with Gasteiger partial charge in [0.1, 0.15) is 0 Å². The molecule has 0 radical (unpaired) electrons. The number of pyridine rings is 1. The van der Waals surface area contributed by atoms with Crippen LogP contribution < -0.4 is 0 Å². The zero-order valence-electron chi connectivity index (χ0n) is 10.7. The average Bonchev–Trinajstić information content (AvgIpc) is 2.47. The maximum absolute atomic E-state index is 11.3. The topological polar surface area (TPSA) is 39.2 Å². The number of hydrogen-bond donors (Lipinski definition) is 0. The van der Waals surface area contributed by atoms with E-state index in [-0.39, 0.29) is 5.97 Å². The molecule has 2 rings (SSSR count). The molecule has 0 unspecified atom stereocenters. The molecule has 0 aliphatic carbocycles. The fourth-order valence-corrected chi connectivity index (χ4v) is 2.30. The number of ether oxygens (including phenoxy) is 1. The third kappa shape index (κ3) is 4.10. The van der Waals surface area contributed by atoms with E-state index in [1.54, 1.807) is 6.20 Å². The summed E-state index contributed by atoms with van der Waals surface area (Å²) in [6.07, 6.45) is 1.78. The molecule has 0 fully saturated rings. The third-order valence-electron chi connectivity index (χ3n) is 2.48. The van der Waals surface area contributed by atoms with Gasteiger partial charge in [0.25, 0.3) is 0 Å². The van der Waals surface area contributed by atoms with Gasteiger partial charge >= 0.3 is 5.97 Å². The van der Waals surface area contributed by atoms with Crippen molar-refractivity contribution in [3.8, 4) is 11.3 Å². The van der Waals surface area contributed by atoms with Gasteiger partial charge in [0.05, 0.1) is 18.1 Å². The molecule has 0 N–H and O–H groups in total. The van der Waals surface area contributed by atoms with Crippen molar-refractivity contribution in [2.75, 3.05) is 12.4 Å². The minimum atomic E-state index is -0.179. The minimum absolute atomic E-state index is 0.179. The van der Waals surface area contributed by atoms with Crippen LogP contribution in [0.2, 0.25) is 0 Å². The Morgan fingerprint density at radius 2 is 2.00 bits per heavy atom. The summed E-state index contributed by atoms with van der Waals surface area (Å²) in [7, 11) is 0. The Balaban J connectivity index is 1.97. The Bertz CT molecular complexity index is 526. The van der Waals surface area contributed by atoms with Crippen LogP contribution in [-0.4, -0.2) is 23.3 Å². The second-order valence-electron chi connectivity index (χ2n) is 3.83. The van der Waals surface area contributed by atoms with Gasteiger partial charge in [-0.2, -0.15) is 0 Å². The van der Waals surface area contributed by atoms with Crippen molar-refractivity contribution in [3.05, 3.63) is 48.7 Å². The lowest BCUT2D eigenvalue weighted by atomic mass is 10.1. The summed E-state index contributed by atoms with van der Waals surface area (Å²) in [5.74, 6) is 0.165. The number of rotatable bonds is 5.